The van der Waals surface area contributed by atoms with Crippen molar-refractivity contribution in [3.63, 3.8) is 0 Å². The molecule has 0 saturated heterocycles. The van der Waals surface area contributed by atoms with Gasteiger partial charge < -0.3 is 15.8 Å². The van der Waals surface area contributed by atoms with Crippen molar-refractivity contribution in [3.8, 4) is 5.75 Å². The Hall–Kier alpha value is -3.30. The van der Waals surface area contributed by atoms with Gasteiger partial charge in [-0.15, -0.1) is 0 Å². The molecule has 0 aliphatic carbocycles. The Labute approximate surface area is 152 Å². The fourth-order valence-corrected chi connectivity index (χ4v) is 2.23. The number of nitrogens with zero attached hydrogens (tertiary/aromatic N) is 1. The number of aryl methyl sites for hydroxylation is 1. The minimum Gasteiger partial charge on any atom is -0.486 e. The first-order valence-corrected chi connectivity index (χ1v) is 7.68. The highest BCUT2D eigenvalue weighted by Gasteiger charge is 2.30. The summed E-state index contributed by atoms with van der Waals surface area (Å²) in [5, 5.41) is 13.6. The lowest BCUT2D eigenvalue weighted by Gasteiger charge is -2.12. The number of benzene rings is 2. The Morgan fingerprint density at radius 3 is 2.63 bits per heavy atom. The van der Waals surface area contributed by atoms with E-state index in [1.54, 1.807) is 0 Å². The molecule has 144 valence electrons. The van der Waals surface area contributed by atoms with Crippen molar-refractivity contribution >= 4 is 22.8 Å². The van der Waals surface area contributed by atoms with E-state index in [0.29, 0.717) is 11.3 Å². The number of nitrogens with one attached hydrogen (secondary N) is 1. The first kappa shape index (κ1) is 20.0. The van der Waals surface area contributed by atoms with Gasteiger partial charge in [0.1, 0.15) is 12.4 Å². The minimum atomic E-state index is -4.50. The van der Waals surface area contributed by atoms with Gasteiger partial charge in [0.25, 0.3) is 5.69 Å². The highest BCUT2D eigenvalue weighted by molar-refractivity contribution is 5.85. The molecular weight excluding hydrogens is 367 g/mol. The van der Waals surface area contributed by atoms with Crippen molar-refractivity contribution in [1.82, 2.24) is 0 Å². The van der Waals surface area contributed by atoms with Gasteiger partial charge in [0.2, 0.25) is 0 Å². The van der Waals surface area contributed by atoms with Gasteiger partial charge in [-0.25, -0.2) is 0 Å². The topological polar surface area (TPSA) is 107 Å². The van der Waals surface area contributed by atoms with E-state index in [-0.39, 0.29) is 23.7 Å². The Morgan fingerprint density at radius 1 is 1.30 bits per heavy atom. The summed E-state index contributed by atoms with van der Waals surface area (Å²) >= 11 is 0. The number of ketones is 1. The highest BCUT2D eigenvalue weighted by atomic mass is 19.4. The molecule has 0 fully saturated rings. The molecule has 0 unspecified atom stereocenters. The van der Waals surface area contributed by atoms with Crippen LogP contribution in [-0.2, 0) is 11.0 Å². The summed E-state index contributed by atoms with van der Waals surface area (Å²) in [4.78, 5) is 22.2. The SMILES string of the molecule is Cc1cc(NCC(=O)COc2cccc(C(F)(F)F)c2)c(N)cc1[N+](=O)[O-]. The molecule has 2 aromatic carbocycles. The number of nitro benzene ring substituents is 1. The number of ether oxygens (including phenoxy) is 1. The van der Waals surface area contributed by atoms with E-state index in [2.05, 4.69) is 5.32 Å². The van der Waals surface area contributed by atoms with E-state index in [4.69, 9.17) is 10.5 Å². The molecule has 0 spiro atoms. The van der Waals surface area contributed by atoms with E-state index in [1.807, 2.05) is 0 Å². The lowest BCUT2D eigenvalue weighted by molar-refractivity contribution is -0.385. The molecule has 0 aliphatic heterocycles. The molecule has 3 N–H and O–H groups in total. The third-order valence-corrected chi connectivity index (χ3v) is 3.60. The van der Waals surface area contributed by atoms with Crippen LogP contribution in [0.5, 0.6) is 5.75 Å². The van der Waals surface area contributed by atoms with E-state index >= 15 is 0 Å². The number of alkyl halides is 3. The van der Waals surface area contributed by atoms with Gasteiger partial charge in [0, 0.05) is 11.6 Å². The largest absolute Gasteiger partial charge is 0.486 e. The summed E-state index contributed by atoms with van der Waals surface area (Å²) < 4.78 is 43.0. The zero-order valence-corrected chi connectivity index (χ0v) is 14.2. The molecule has 2 rings (SSSR count). The van der Waals surface area contributed by atoms with Crippen LogP contribution in [0.3, 0.4) is 0 Å². The summed E-state index contributed by atoms with van der Waals surface area (Å²) in [5.41, 5.74) is 5.50. The van der Waals surface area contributed by atoms with Crippen LogP contribution < -0.4 is 15.8 Å². The van der Waals surface area contributed by atoms with Crippen molar-refractivity contribution in [2.45, 2.75) is 13.1 Å². The van der Waals surface area contributed by atoms with Crippen molar-refractivity contribution in [3.05, 3.63) is 57.6 Å². The van der Waals surface area contributed by atoms with Crippen LogP contribution in [-0.4, -0.2) is 23.9 Å². The number of carbonyl (C=O) groups is 1. The number of hydrogen-bond donors (Lipinski definition) is 2. The van der Waals surface area contributed by atoms with Gasteiger partial charge in [-0.05, 0) is 31.2 Å². The van der Waals surface area contributed by atoms with Crippen molar-refractivity contribution < 1.29 is 27.6 Å². The first-order valence-electron chi connectivity index (χ1n) is 7.68. The van der Waals surface area contributed by atoms with E-state index in [1.165, 1.54) is 31.2 Å². The lowest BCUT2D eigenvalue weighted by Crippen LogP contribution is -2.21. The third-order valence-electron chi connectivity index (χ3n) is 3.60. The van der Waals surface area contributed by atoms with Crippen LogP contribution >= 0.6 is 0 Å². The Morgan fingerprint density at radius 2 is 2.00 bits per heavy atom. The number of nitrogen functional groups attached to an aromatic ring is 1. The van der Waals surface area contributed by atoms with E-state index in [9.17, 15) is 28.1 Å². The predicted octanol–water partition coefficient (Wildman–Crippen LogP) is 3.56. The van der Waals surface area contributed by atoms with Crippen LogP contribution in [0.15, 0.2) is 36.4 Å². The van der Waals surface area contributed by atoms with Crippen LogP contribution in [0.1, 0.15) is 11.1 Å². The monoisotopic (exact) mass is 383 g/mol. The average Bonchev–Trinajstić information content (AvgIpc) is 2.59. The predicted molar refractivity (Wildman–Crippen MR) is 92.7 cm³/mol. The molecule has 7 nitrogen and oxygen atoms in total. The Bertz CT molecular complexity index is 869. The normalized spacial score (nSPS) is 11.1. The smallest absolute Gasteiger partial charge is 0.416 e. The standard InChI is InChI=1S/C17H16F3N3O4/c1-10-5-15(14(21)7-16(10)23(25)26)22-8-12(24)9-27-13-4-2-3-11(6-13)17(18,19)20/h2-7,22H,8-9,21H2,1H3. The summed E-state index contributed by atoms with van der Waals surface area (Å²) in [6, 6.07) is 6.82. The van der Waals surface area contributed by atoms with Gasteiger partial charge in [-0.2, -0.15) is 13.2 Å². The fourth-order valence-electron chi connectivity index (χ4n) is 2.23. The third kappa shape index (κ3) is 5.33. The molecule has 0 saturated carbocycles. The molecule has 0 heterocycles. The molecule has 10 heteroatoms. The van der Waals surface area contributed by atoms with Crippen LogP contribution in [0.25, 0.3) is 0 Å². The maximum absolute atomic E-state index is 12.6. The highest BCUT2D eigenvalue weighted by Crippen LogP contribution is 2.31. The molecule has 0 atom stereocenters. The van der Waals surface area contributed by atoms with Crippen LogP contribution in [0.4, 0.5) is 30.2 Å². The summed E-state index contributed by atoms with van der Waals surface area (Å²) in [5.74, 6) is -0.522. The van der Waals surface area contributed by atoms with Crippen LogP contribution in [0.2, 0.25) is 0 Å². The van der Waals surface area contributed by atoms with Gasteiger partial charge >= 0.3 is 6.18 Å². The quantitative estimate of drug-likeness (QED) is 0.430. The number of carbonyl (C=O) groups excluding carboxylic acids is 1. The zero-order valence-electron chi connectivity index (χ0n) is 14.2. The fraction of sp³-hybridized carbons (Fsp3) is 0.235. The lowest BCUT2D eigenvalue weighted by atomic mass is 10.1. The molecular formula is C17H16F3N3O4. The number of Topliss-reactive ketones (excluding diaryl/α,β-unsaturated/α-hetero) is 1. The number of halogens is 3. The molecule has 0 aromatic heterocycles. The average molecular weight is 383 g/mol. The number of hydrogen-bond acceptors (Lipinski definition) is 6. The first-order chi connectivity index (χ1) is 12.6. The second-order valence-electron chi connectivity index (χ2n) is 5.69. The summed E-state index contributed by atoms with van der Waals surface area (Å²) in [6.07, 6.45) is -4.50. The minimum absolute atomic E-state index is 0.0798. The molecule has 2 aromatic rings. The maximum Gasteiger partial charge on any atom is 0.416 e. The number of nitrogens with two attached hydrogens (primary N) is 1. The van der Waals surface area contributed by atoms with Gasteiger partial charge in [-0.3, -0.25) is 14.9 Å². The molecule has 0 amide bonds. The van der Waals surface area contributed by atoms with Crippen LogP contribution in [0, 0.1) is 17.0 Å². The molecule has 0 radical (unpaired) electrons. The zero-order chi connectivity index (χ0) is 20.2. The maximum atomic E-state index is 12.6. The second-order valence-corrected chi connectivity index (χ2v) is 5.69. The van der Waals surface area contributed by atoms with Crippen molar-refractivity contribution in [1.29, 1.82) is 0 Å². The van der Waals surface area contributed by atoms with E-state index < -0.39 is 29.1 Å². The van der Waals surface area contributed by atoms with Crippen molar-refractivity contribution in [2.75, 3.05) is 24.2 Å². The van der Waals surface area contributed by atoms with Gasteiger partial charge in [-0.1, -0.05) is 6.07 Å². The summed E-state index contributed by atoms with van der Waals surface area (Å²) in [7, 11) is 0. The number of nitro groups is 1. The summed E-state index contributed by atoms with van der Waals surface area (Å²) in [6.45, 7) is 0.877. The molecule has 0 bridgehead atoms. The molecule has 27 heavy (non-hydrogen) atoms. The van der Waals surface area contributed by atoms with Crippen molar-refractivity contribution in [2.24, 2.45) is 0 Å². The van der Waals surface area contributed by atoms with Gasteiger partial charge in [0.15, 0.2) is 5.78 Å². The second kappa shape index (κ2) is 7.94. The Kier molecular flexibility index (Phi) is 5.88. The van der Waals surface area contributed by atoms with Gasteiger partial charge in [0.05, 0.1) is 28.4 Å². The Balaban J connectivity index is 1.94. The van der Waals surface area contributed by atoms with E-state index in [0.717, 1.165) is 12.1 Å². The number of anilines is 2. The molecule has 0 aliphatic rings. The number of rotatable bonds is 7.